The van der Waals surface area contributed by atoms with E-state index in [0.29, 0.717) is 17.1 Å². The molecule has 0 aliphatic carbocycles. The molecular formula is C13H18Cl2FNOS. The van der Waals surface area contributed by atoms with Gasteiger partial charge in [-0.15, -0.1) is 0 Å². The third kappa shape index (κ3) is 5.03. The molecular weight excluding hydrogens is 308 g/mol. The Hall–Kier alpha value is -0.160. The van der Waals surface area contributed by atoms with Gasteiger partial charge in [0.15, 0.2) is 0 Å². The van der Waals surface area contributed by atoms with E-state index in [0.717, 1.165) is 6.42 Å². The molecule has 0 fully saturated rings. The van der Waals surface area contributed by atoms with E-state index in [1.165, 1.54) is 12.1 Å². The minimum atomic E-state index is -0.824. The molecule has 0 heterocycles. The first-order chi connectivity index (χ1) is 8.82. The summed E-state index contributed by atoms with van der Waals surface area (Å²) < 4.78 is 24.6. The van der Waals surface area contributed by atoms with Crippen LogP contribution < -0.4 is 5.32 Å². The van der Waals surface area contributed by atoms with Crippen LogP contribution in [0.5, 0.6) is 0 Å². The Labute approximate surface area is 126 Å². The summed E-state index contributed by atoms with van der Waals surface area (Å²) >= 11 is 11.7. The van der Waals surface area contributed by atoms with E-state index >= 15 is 0 Å². The van der Waals surface area contributed by atoms with Gasteiger partial charge in [-0.05, 0) is 37.6 Å². The molecule has 3 atom stereocenters. The van der Waals surface area contributed by atoms with Gasteiger partial charge in [0.2, 0.25) is 0 Å². The molecule has 1 aromatic rings. The Morgan fingerprint density at radius 3 is 2.53 bits per heavy atom. The summed E-state index contributed by atoms with van der Waals surface area (Å²) in [6.45, 7) is 4.54. The quantitative estimate of drug-likeness (QED) is 0.802. The molecule has 6 heteroatoms. The number of hydrogen-bond acceptors (Lipinski definition) is 2. The normalized spacial score (nSPS) is 16.1. The average molecular weight is 326 g/mol. The molecule has 108 valence electrons. The summed E-state index contributed by atoms with van der Waals surface area (Å²) in [5.41, 5.74) is 0.675. The van der Waals surface area contributed by atoms with Gasteiger partial charge in [0.05, 0.1) is 5.02 Å². The predicted octanol–water partition coefficient (Wildman–Crippen LogP) is 3.94. The standard InChI is InChI=1S/C13H18Cl2FNOS/c1-8(19(3)18)4-5-17-9(2)10-6-13(16)12(15)7-11(10)14/h6-9,17H,4-5H2,1-3H3. The molecule has 0 saturated carbocycles. The summed E-state index contributed by atoms with van der Waals surface area (Å²) in [6, 6.07) is 2.68. The van der Waals surface area contributed by atoms with Crippen molar-refractivity contribution in [3.8, 4) is 0 Å². The Bertz CT molecular complexity index is 470. The number of halogens is 3. The lowest BCUT2D eigenvalue weighted by molar-refractivity contribution is 0.548. The van der Waals surface area contributed by atoms with Crippen LogP contribution in [-0.2, 0) is 10.8 Å². The highest BCUT2D eigenvalue weighted by atomic mass is 35.5. The third-order valence-corrected chi connectivity index (χ3v) is 5.06. The van der Waals surface area contributed by atoms with Crippen molar-refractivity contribution < 1.29 is 8.60 Å². The van der Waals surface area contributed by atoms with Crippen LogP contribution in [0.3, 0.4) is 0 Å². The molecule has 19 heavy (non-hydrogen) atoms. The van der Waals surface area contributed by atoms with Gasteiger partial charge in [-0.3, -0.25) is 4.21 Å². The lowest BCUT2D eigenvalue weighted by atomic mass is 10.1. The van der Waals surface area contributed by atoms with Gasteiger partial charge in [0.1, 0.15) is 5.82 Å². The zero-order valence-corrected chi connectivity index (χ0v) is 13.5. The molecule has 0 radical (unpaired) electrons. The van der Waals surface area contributed by atoms with E-state index in [2.05, 4.69) is 5.32 Å². The fourth-order valence-electron chi connectivity index (χ4n) is 1.65. The highest BCUT2D eigenvalue weighted by Gasteiger charge is 2.14. The third-order valence-electron chi connectivity index (χ3n) is 3.07. The molecule has 3 unspecified atom stereocenters. The van der Waals surface area contributed by atoms with Crippen LogP contribution in [0.4, 0.5) is 4.39 Å². The molecule has 1 aromatic carbocycles. The zero-order valence-electron chi connectivity index (χ0n) is 11.2. The van der Waals surface area contributed by atoms with Crippen molar-refractivity contribution in [3.05, 3.63) is 33.6 Å². The Morgan fingerprint density at radius 1 is 1.32 bits per heavy atom. The molecule has 0 aliphatic rings. The van der Waals surface area contributed by atoms with Crippen LogP contribution in [0.25, 0.3) is 0 Å². The molecule has 2 nitrogen and oxygen atoms in total. The van der Waals surface area contributed by atoms with Crippen LogP contribution in [0.1, 0.15) is 31.9 Å². The largest absolute Gasteiger partial charge is 0.310 e. The van der Waals surface area contributed by atoms with Crippen LogP contribution >= 0.6 is 23.2 Å². The van der Waals surface area contributed by atoms with E-state index in [4.69, 9.17) is 23.2 Å². The second kappa shape index (κ2) is 7.58. The number of rotatable bonds is 6. The van der Waals surface area contributed by atoms with Crippen LogP contribution in [-0.4, -0.2) is 22.3 Å². The first kappa shape index (κ1) is 16.9. The van der Waals surface area contributed by atoms with Crippen LogP contribution in [0.2, 0.25) is 10.0 Å². The lowest BCUT2D eigenvalue weighted by Crippen LogP contribution is -2.24. The predicted molar refractivity (Wildman–Crippen MR) is 81.0 cm³/mol. The fourth-order valence-corrected chi connectivity index (χ4v) is 2.65. The Balaban J connectivity index is 2.61. The van der Waals surface area contributed by atoms with E-state index in [-0.39, 0.29) is 16.3 Å². The molecule has 0 bridgehead atoms. The summed E-state index contributed by atoms with van der Waals surface area (Å²) in [6.07, 6.45) is 2.49. The topological polar surface area (TPSA) is 29.1 Å². The van der Waals surface area contributed by atoms with E-state index in [9.17, 15) is 8.60 Å². The van der Waals surface area contributed by atoms with Crippen molar-refractivity contribution in [2.45, 2.75) is 31.6 Å². The summed E-state index contributed by atoms with van der Waals surface area (Å²) in [5.74, 6) is -0.474. The first-order valence-electron chi connectivity index (χ1n) is 6.03. The smallest absolute Gasteiger partial charge is 0.142 e. The number of benzene rings is 1. The van der Waals surface area contributed by atoms with Crippen molar-refractivity contribution >= 4 is 34.0 Å². The maximum Gasteiger partial charge on any atom is 0.142 e. The average Bonchev–Trinajstić information content (AvgIpc) is 2.33. The molecule has 0 aliphatic heterocycles. The Morgan fingerprint density at radius 2 is 1.95 bits per heavy atom. The van der Waals surface area contributed by atoms with Crippen molar-refractivity contribution in [1.29, 1.82) is 0 Å². The minimum Gasteiger partial charge on any atom is -0.310 e. The van der Waals surface area contributed by atoms with Crippen LogP contribution in [0.15, 0.2) is 12.1 Å². The molecule has 1 rings (SSSR count). The number of hydrogen-bond donors (Lipinski definition) is 1. The van der Waals surface area contributed by atoms with Gasteiger partial charge in [0, 0.05) is 33.4 Å². The highest BCUT2D eigenvalue weighted by Crippen LogP contribution is 2.28. The second-order valence-electron chi connectivity index (χ2n) is 4.56. The highest BCUT2D eigenvalue weighted by molar-refractivity contribution is 7.84. The van der Waals surface area contributed by atoms with Crippen LogP contribution in [0, 0.1) is 5.82 Å². The maximum atomic E-state index is 13.4. The van der Waals surface area contributed by atoms with Gasteiger partial charge in [0.25, 0.3) is 0 Å². The lowest BCUT2D eigenvalue weighted by Gasteiger charge is -2.17. The van der Waals surface area contributed by atoms with Crippen molar-refractivity contribution in [2.24, 2.45) is 0 Å². The number of nitrogens with one attached hydrogen (secondary N) is 1. The monoisotopic (exact) mass is 325 g/mol. The maximum absolute atomic E-state index is 13.4. The minimum absolute atomic E-state index is 0.0240. The van der Waals surface area contributed by atoms with Gasteiger partial charge in [-0.2, -0.15) is 0 Å². The molecule has 0 spiro atoms. The van der Waals surface area contributed by atoms with Gasteiger partial charge < -0.3 is 5.32 Å². The summed E-state index contributed by atoms with van der Waals surface area (Å²) in [7, 11) is -0.824. The van der Waals surface area contributed by atoms with E-state index in [1.807, 2.05) is 13.8 Å². The fraction of sp³-hybridized carbons (Fsp3) is 0.538. The SMILES string of the molecule is CC(NCCC(C)S(C)=O)c1cc(F)c(Cl)cc1Cl. The second-order valence-corrected chi connectivity index (χ2v) is 7.18. The van der Waals surface area contributed by atoms with E-state index in [1.54, 1.807) is 6.26 Å². The Kier molecular flexibility index (Phi) is 6.74. The summed E-state index contributed by atoms with van der Waals surface area (Å²) in [5, 5.41) is 3.85. The zero-order chi connectivity index (χ0) is 14.6. The summed E-state index contributed by atoms with van der Waals surface area (Å²) in [4.78, 5) is 0. The van der Waals surface area contributed by atoms with Gasteiger partial charge >= 0.3 is 0 Å². The van der Waals surface area contributed by atoms with Crippen molar-refractivity contribution in [2.75, 3.05) is 12.8 Å². The van der Waals surface area contributed by atoms with E-state index < -0.39 is 16.6 Å². The molecule has 0 saturated heterocycles. The van der Waals surface area contributed by atoms with Crippen molar-refractivity contribution in [3.63, 3.8) is 0 Å². The van der Waals surface area contributed by atoms with Gasteiger partial charge in [-0.25, -0.2) is 4.39 Å². The van der Waals surface area contributed by atoms with Crippen molar-refractivity contribution in [1.82, 2.24) is 5.32 Å². The molecule has 0 aromatic heterocycles. The van der Waals surface area contributed by atoms with Gasteiger partial charge in [-0.1, -0.05) is 30.1 Å². The molecule has 1 N–H and O–H groups in total. The first-order valence-corrected chi connectivity index (χ1v) is 8.40. The molecule has 0 amide bonds.